The Bertz CT molecular complexity index is 816. The Morgan fingerprint density at radius 1 is 0.528 bits per heavy atom. The minimum Gasteiger partial charge on any atom is -0.323 e. The van der Waals surface area contributed by atoms with Crippen LogP contribution in [0.3, 0.4) is 0 Å². The van der Waals surface area contributed by atoms with Crippen molar-refractivity contribution in [2.75, 3.05) is 14.1 Å². The van der Waals surface area contributed by atoms with Crippen molar-refractivity contribution in [3.8, 4) is 0 Å². The van der Waals surface area contributed by atoms with Crippen LogP contribution in [0.4, 0.5) is 0 Å². The second kappa shape index (κ2) is 16.2. The largest absolute Gasteiger partial charge is 0.323 e. The summed E-state index contributed by atoms with van der Waals surface area (Å²) in [6, 6.07) is 1.56. The second-order valence-corrected chi connectivity index (χ2v) is 16.9. The molecule has 1 saturated carbocycles. The normalized spacial score (nSPS) is 28.2. The number of hydrogen-bond acceptors (Lipinski definition) is 2. The van der Waals surface area contributed by atoms with Gasteiger partial charge in [0, 0.05) is 87.5 Å². The maximum absolute atomic E-state index is 2.85. The number of allylic oxidation sites excluding steroid dienone is 8. The van der Waals surface area contributed by atoms with Crippen molar-refractivity contribution in [1.29, 1.82) is 0 Å². The van der Waals surface area contributed by atoms with E-state index in [1.54, 1.807) is 43.8 Å². The molecule has 4 radical (unpaired) electrons. The first-order valence-corrected chi connectivity index (χ1v) is 17.6. The van der Waals surface area contributed by atoms with Crippen molar-refractivity contribution in [2.45, 2.75) is 106 Å². The Balaban J connectivity index is 0. The summed E-state index contributed by atoms with van der Waals surface area (Å²) in [7, 11) is 2.75. The van der Waals surface area contributed by atoms with Gasteiger partial charge in [-0.3, -0.25) is 0 Å². The molecule has 8 heteroatoms. The van der Waals surface area contributed by atoms with Crippen molar-refractivity contribution in [3.63, 3.8) is 0 Å². The van der Waals surface area contributed by atoms with Crippen LogP contribution in [0.25, 0.3) is 0 Å². The summed E-state index contributed by atoms with van der Waals surface area (Å²) in [5.74, 6) is 1.33. The van der Waals surface area contributed by atoms with Crippen LogP contribution in [-0.2, 0) is 0 Å². The molecule has 0 aliphatic heterocycles. The van der Waals surface area contributed by atoms with Crippen molar-refractivity contribution < 1.29 is 0 Å². The van der Waals surface area contributed by atoms with Crippen molar-refractivity contribution in [3.05, 3.63) is 43.8 Å². The summed E-state index contributed by atoms with van der Waals surface area (Å²) < 4.78 is 5.70. The van der Waals surface area contributed by atoms with E-state index >= 15 is 0 Å². The van der Waals surface area contributed by atoms with Gasteiger partial charge in [0.1, 0.15) is 17.9 Å². The molecule has 4 unspecified atom stereocenters. The van der Waals surface area contributed by atoms with Gasteiger partial charge in [0.05, 0.1) is 0 Å². The Morgan fingerprint density at radius 2 is 0.778 bits per heavy atom. The van der Waals surface area contributed by atoms with Crippen LogP contribution in [0.1, 0.15) is 81.1 Å². The topological polar surface area (TPSA) is 6.48 Å². The molecule has 0 aromatic heterocycles. The van der Waals surface area contributed by atoms with Gasteiger partial charge in [-0.1, -0.05) is 59.6 Å². The first-order chi connectivity index (χ1) is 14.9. The van der Waals surface area contributed by atoms with Gasteiger partial charge in [-0.15, -0.1) is 0 Å². The molecule has 0 bridgehead atoms. The first-order valence-electron chi connectivity index (χ1n) is 13.1. The molecule has 0 aromatic rings. The van der Waals surface area contributed by atoms with Gasteiger partial charge < -0.3 is 9.13 Å². The fraction of sp³-hybridized carbons (Fsp3) is 0.714. The molecule has 3 rings (SSSR count). The molecule has 0 aromatic carbocycles. The third-order valence-corrected chi connectivity index (χ3v) is 17.3. The fourth-order valence-electron chi connectivity index (χ4n) is 7.08. The van der Waals surface area contributed by atoms with Crippen LogP contribution < -0.4 is 0 Å². The standard InChI is InChI=1S/C28H50N2Si2.4Li/c1-17-18(2)22(6)27(21(17)5)31(11)29(9)25-13-15-26(16-14-25)30(10)32(12)28-23(7)19(3)20(4)24(28)8;;;;/h21,23,25-26,31-32H,13-16H2,1-12H3;;;;/t21?,23?,25-,26-,31?,32?;;;;. The van der Waals surface area contributed by atoms with Gasteiger partial charge in [-0.25, -0.2) is 0 Å². The number of hydrogen-bond donors (Lipinski definition) is 0. The molecule has 36 heavy (non-hydrogen) atoms. The van der Waals surface area contributed by atoms with E-state index in [2.05, 4.69) is 91.7 Å². The van der Waals surface area contributed by atoms with Crippen LogP contribution in [0.5, 0.6) is 0 Å². The molecule has 0 N–H and O–H groups in total. The van der Waals surface area contributed by atoms with E-state index in [9.17, 15) is 0 Å². The maximum Gasteiger partial charge on any atom is 0.137 e. The van der Waals surface area contributed by atoms with Crippen molar-refractivity contribution in [2.24, 2.45) is 11.8 Å². The van der Waals surface area contributed by atoms with Gasteiger partial charge in [-0.05, 0) is 104 Å². The third kappa shape index (κ3) is 7.50. The summed E-state index contributed by atoms with van der Waals surface area (Å²) in [4.78, 5) is 0. The van der Waals surface area contributed by atoms with Crippen molar-refractivity contribution >= 4 is 93.4 Å². The van der Waals surface area contributed by atoms with E-state index in [1.807, 2.05) is 0 Å². The Kier molecular flexibility index (Phi) is 18.0. The molecule has 3 aliphatic rings. The second-order valence-electron chi connectivity index (χ2n) is 11.4. The Hall–Kier alpha value is 1.70. The summed E-state index contributed by atoms with van der Waals surface area (Å²) in [5, 5.41) is 3.61. The number of nitrogens with zero attached hydrogens (tertiary/aromatic N) is 2. The van der Waals surface area contributed by atoms with E-state index in [0.717, 1.165) is 12.1 Å². The fourth-order valence-corrected chi connectivity index (χ4v) is 13.5. The summed E-state index contributed by atoms with van der Waals surface area (Å²) in [6.45, 7) is 24.2. The van der Waals surface area contributed by atoms with E-state index < -0.39 is 17.9 Å². The minimum atomic E-state index is -1.08. The smallest absolute Gasteiger partial charge is 0.137 e. The zero-order chi connectivity index (χ0) is 24.1. The Labute approximate surface area is 276 Å². The maximum atomic E-state index is 2.85. The van der Waals surface area contributed by atoms with Gasteiger partial charge in [0.15, 0.2) is 0 Å². The SMILES string of the molecule is CC1=C(C)C(C)C([SiH](C)N(C)[C@H]2CC[C@H](N(C)[SiH](C)C3=C(C)C(C)=C(C)C3C)CC2)=C1C.[Li].[Li].[Li].[Li]. The zero-order valence-electron chi connectivity index (χ0n) is 27.2. The van der Waals surface area contributed by atoms with Crippen LogP contribution in [0, 0.1) is 11.8 Å². The van der Waals surface area contributed by atoms with E-state index in [0.29, 0.717) is 11.8 Å². The van der Waals surface area contributed by atoms with Crippen LogP contribution in [0.2, 0.25) is 13.1 Å². The molecule has 4 atom stereocenters. The van der Waals surface area contributed by atoms with Crippen LogP contribution in [0.15, 0.2) is 43.8 Å². The van der Waals surface area contributed by atoms with Gasteiger partial charge in [0.2, 0.25) is 0 Å². The molecule has 3 aliphatic carbocycles. The predicted molar refractivity (Wildman–Crippen MR) is 171 cm³/mol. The predicted octanol–water partition coefficient (Wildman–Crippen LogP) is 5.03. The molecule has 184 valence electrons. The molecule has 0 saturated heterocycles. The van der Waals surface area contributed by atoms with E-state index in [-0.39, 0.29) is 75.4 Å². The molecule has 1 fully saturated rings. The molecule has 2 nitrogen and oxygen atoms in total. The monoisotopic (exact) mass is 498 g/mol. The zero-order valence-corrected chi connectivity index (χ0v) is 29.5. The molecular formula is C28H50Li4N2Si2. The molecule has 0 amide bonds. The summed E-state index contributed by atoms with van der Waals surface area (Å²) in [5.41, 5.74) is 9.58. The summed E-state index contributed by atoms with van der Waals surface area (Å²) >= 11 is 0. The Morgan fingerprint density at radius 3 is 0.972 bits per heavy atom. The average molecular weight is 499 g/mol. The quantitative estimate of drug-likeness (QED) is 0.474. The van der Waals surface area contributed by atoms with Crippen LogP contribution >= 0.6 is 0 Å². The third-order valence-electron chi connectivity index (χ3n) is 10.3. The van der Waals surface area contributed by atoms with Gasteiger partial charge in [-0.2, -0.15) is 0 Å². The van der Waals surface area contributed by atoms with Crippen LogP contribution in [-0.4, -0.2) is 129 Å². The van der Waals surface area contributed by atoms with Crippen molar-refractivity contribution in [1.82, 2.24) is 9.13 Å². The average Bonchev–Trinajstić information content (AvgIpc) is 3.10. The molecule has 0 spiro atoms. The first kappa shape index (κ1) is 39.8. The minimum absolute atomic E-state index is 0. The van der Waals surface area contributed by atoms with Gasteiger partial charge in [0.25, 0.3) is 0 Å². The van der Waals surface area contributed by atoms with E-state index in [4.69, 9.17) is 0 Å². The number of rotatable bonds is 6. The molecule has 0 heterocycles. The summed E-state index contributed by atoms with van der Waals surface area (Å²) in [6.07, 6.45) is 5.50. The van der Waals surface area contributed by atoms with Gasteiger partial charge >= 0.3 is 0 Å². The molecular weight excluding hydrogens is 448 g/mol. The van der Waals surface area contributed by atoms with E-state index in [1.165, 1.54) is 25.7 Å².